The molecular formula is C22H27N3O3S. The van der Waals surface area contributed by atoms with E-state index in [1.165, 1.54) is 11.3 Å². The van der Waals surface area contributed by atoms with Crippen LogP contribution in [0.2, 0.25) is 0 Å². The molecule has 2 amide bonds. The van der Waals surface area contributed by atoms with Crippen molar-refractivity contribution in [2.45, 2.75) is 50.5 Å². The Morgan fingerprint density at radius 1 is 1.31 bits per heavy atom. The van der Waals surface area contributed by atoms with E-state index in [0.29, 0.717) is 23.8 Å². The minimum Gasteiger partial charge on any atom is -0.383 e. The van der Waals surface area contributed by atoms with Crippen LogP contribution in [0.5, 0.6) is 0 Å². The molecule has 1 atom stereocenters. The highest BCUT2D eigenvalue weighted by Gasteiger charge is 2.54. The van der Waals surface area contributed by atoms with Gasteiger partial charge in [-0.15, -0.1) is 11.3 Å². The number of fused-ring (bicyclic) bond motifs is 1. The van der Waals surface area contributed by atoms with Crippen LogP contribution >= 0.6 is 11.3 Å². The third-order valence-electron chi connectivity index (χ3n) is 6.17. The van der Waals surface area contributed by atoms with E-state index < -0.39 is 11.5 Å². The molecule has 1 aliphatic carbocycles. The second-order valence-electron chi connectivity index (χ2n) is 7.92. The fraction of sp³-hybridized carbons (Fsp3) is 0.500. The van der Waals surface area contributed by atoms with Crippen molar-refractivity contribution < 1.29 is 14.3 Å². The summed E-state index contributed by atoms with van der Waals surface area (Å²) in [7, 11) is 1.64. The number of nitrogens with zero attached hydrogens (tertiary/aromatic N) is 2. The van der Waals surface area contributed by atoms with E-state index in [0.717, 1.165) is 43.4 Å². The second kappa shape index (κ2) is 8.24. The molecular weight excluding hydrogens is 386 g/mol. The van der Waals surface area contributed by atoms with E-state index in [4.69, 9.17) is 4.74 Å². The summed E-state index contributed by atoms with van der Waals surface area (Å²) in [6.07, 6.45) is 4.81. The number of ether oxygens (including phenoxy) is 1. The van der Waals surface area contributed by atoms with Crippen molar-refractivity contribution in [1.29, 1.82) is 0 Å². The highest BCUT2D eigenvalue weighted by molar-refractivity contribution is 7.13. The number of nitrogens with one attached hydrogen (secondary N) is 1. The first kappa shape index (κ1) is 20.0. The number of carbonyl (C=O) groups excluding carboxylic acids is 2. The molecule has 1 aliphatic heterocycles. The maximum absolute atomic E-state index is 13.6. The fourth-order valence-electron chi connectivity index (χ4n) is 4.94. The monoisotopic (exact) mass is 413 g/mol. The standard InChI is InChI=1S/C22H27N3O3S/c1-15-14-29-21(23-15)24-19(26)18-16-8-4-5-9-17(16)20(27)25(12-13-28-2)22(18)10-6-3-7-11-22/h4-5,8-9,14,18H,3,6-7,10-13H2,1-2H3,(H,23,24,26)/t18-/m0/s1. The van der Waals surface area contributed by atoms with Crippen LogP contribution in [0.15, 0.2) is 29.6 Å². The number of carbonyl (C=O) groups is 2. The van der Waals surface area contributed by atoms with Crippen molar-refractivity contribution in [3.8, 4) is 0 Å². The van der Waals surface area contributed by atoms with E-state index in [1.807, 2.05) is 41.5 Å². The fourth-order valence-corrected chi connectivity index (χ4v) is 5.63. The number of thiazole rings is 1. The summed E-state index contributed by atoms with van der Waals surface area (Å²) in [6.45, 7) is 2.86. The van der Waals surface area contributed by atoms with Crippen LogP contribution in [0, 0.1) is 6.92 Å². The molecule has 1 spiro atoms. The third-order valence-corrected chi connectivity index (χ3v) is 7.05. The molecule has 1 aromatic carbocycles. The maximum Gasteiger partial charge on any atom is 0.254 e. The zero-order valence-electron chi connectivity index (χ0n) is 16.9. The number of anilines is 1. The molecule has 6 nitrogen and oxygen atoms in total. The van der Waals surface area contributed by atoms with Gasteiger partial charge in [-0.2, -0.15) is 0 Å². The molecule has 2 aromatic rings. The average molecular weight is 414 g/mol. The molecule has 1 N–H and O–H groups in total. The molecule has 2 heterocycles. The lowest BCUT2D eigenvalue weighted by molar-refractivity contribution is -0.122. The second-order valence-corrected chi connectivity index (χ2v) is 8.78. The van der Waals surface area contributed by atoms with E-state index in [2.05, 4.69) is 10.3 Å². The Bertz CT molecular complexity index is 904. The molecule has 0 saturated heterocycles. The van der Waals surface area contributed by atoms with Crippen LogP contribution < -0.4 is 5.32 Å². The molecule has 1 aromatic heterocycles. The number of methoxy groups -OCH3 is 1. The topological polar surface area (TPSA) is 71.5 Å². The van der Waals surface area contributed by atoms with Gasteiger partial charge in [-0.3, -0.25) is 9.59 Å². The average Bonchev–Trinajstić information content (AvgIpc) is 3.13. The van der Waals surface area contributed by atoms with Crippen molar-refractivity contribution >= 4 is 28.3 Å². The quantitative estimate of drug-likeness (QED) is 0.805. The molecule has 29 heavy (non-hydrogen) atoms. The predicted molar refractivity (Wildman–Crippen MR) is 113 cm³/mol. The van der Waals surface area contributed by atoms with Gasteiger partial charge in [0.1, 0.15) is 0 Å². The zero-order valence-corrected chi connectivity index (χ0v) is 17.8. The van der Waals surface area contributed by atoms with Gasteiger partial charge in [-0.05, 0) is 31.4 Å². The number of benzene rings is 1. The van der Waals surface area contributed by atoms with Crippen LogP contribution in [-0.2, 0) is 9.53 Å². The first-order valence-corrected chi connectivity index (χ1v) is 11.1. The van der Waals surface area contributed by atoms with Crippen LogP contribution in [0.4, 0.5) is 5.13 Å². The van der Waals surface area contributed by atoms with E-state index in [1.54, 1.807) is 7.11 Å². The van der Waals surface area contributed by atoms with Crippen LogP contribution in [0.1, 0.15) is 59.6 Å². The lowest BCUT2D eigenvalue weighted by Gasteiger charge is -2.53. The van der Waals surface area contributed by atoms with Crippen molar-refractivity contribution in [2.24, 2.45) is 0 Å². The van der Waals surface area contributed by atoms with E-state index in [9.17, 15) is 9.59 Å². The molecule has 4 rings (SSSR count). The largest absolute Gasteiger partial charge is 0.383 e. The Balaban J connectivity index is 1.80. The lowest BCUT2D eigenvalue weighted by Crippen LogP contribution is -2.62. The summed E-state index contributed by atoms with van der Waals surface area (Å²) in [4.78, 5) is 33.4. The maximum atomic E-state index is 13.6. The smallest absolute Gasteiger partial charge is 0.254 e. The minimum absolute atomic E-state index is 0.00805. The normalized spacial score (nSPS) is 20.6. The van der Waals surface area contributed by atoms with Gasteiger partial charge < -0.3 is 15.0 Å². The summed E-state index contributed by atoms with van der Waals surface area (Å²) in [5.74, 6) is -0.491. The minimum atomic E-state index is -0.515. The highest BCUT2D eigenvalue weighted by Crippen LogP contribution is 2.49. The molecule has 2 aliphatic rings. The molecule has 0 bridgehead atoms. The molecule has 1 fully saturated rings. The Morgan fingerprint density at radius 3 is 2.76 bits per heavy atom. The summed E-state index contributed by atoms with van der Waals surface area (Å²) in [6, 6.07) is 7.56. The zero-order chi connectivity index (χ0) is 20.4. The molecule has 0 unspecified atom stereocenters. The SMILES string of the molecule is COCCN1C(=O)c2ccccc2[C@@H](C(=O)Nc2nc(C)cs2)C12CCCCC2. The van der Waals surface area contributed by atoms with Gasteiger partial charge in [0.25, 0.3) is 5.91 Å². The summed E-state index contributed by atoms with van der Waals surface area (Å²) < 4.78 is 5.31. The number of aryl methyl sites for hydroxylation is 1. The third kappa shape index (κ3) is 3.57. The van der Waals surface area contributed by atoms with E-state index in [-0.39, 0.29) is 11.8 Å². The molecule has 154 valence electrons. The molecule has 0 radical (unpaired) electrons. The van der Waals surface area contributed by atoms with Gasteiger partial charge in [0.15, 0.2) is 5.13 Å². The van der Waals surface area contributed by atoms with Crippen LogP contribution in [-0.4, -0.2) is 47.5 Å². The number of hydrogen-bond acceptors (Lipinski definition) is 5. The number of rotatable bonds is 5. The van der Waals surface area contributed by atoms with Gasteiger partial charge in [0, 0.05) is 24.6 Å². The van der Waals surface area contributed by atoms with Crippen molar-refractivity contribution in [1.82, 2.24) is 9.88 Å². The highest BCUT2D eigenvalue weighted by atomic mass is 32.1. The Morgan fingerprint density at radius 2 is 2.07 bits per heavy atom. The van der Waals surface area contributed by atoms with Gasteiger partial charge >= 0.3 is 0 Å². The number of aromatic nitrogens is 1. The van der Waals surface area contributed by atoms with Crippen molar-refractivity contribution in [3.63, 3.8) is 0 Å². The van der Waals surface area contributed by atoms with E-state index >= 15 is 0 Å². The first-order chi connectivity index (χ1) is 14.1. The summed E-state index contributed by atoms with van der Waals surface area (Å²) in [5.41, 5.74) is 1.83. The summed E-state index contributed by atoms with van der Waals surface area (Å²) in [5, 5.41) is 5.57. The first-order valence-electron chi connectivity index (χ1n) is 10.2. The summed E-state index contributed by atoms with van der Waals surface area (Å²) >= 11 is 1.43. The van der Waals surface area contributed by atoms with Crippen molar-refractivity contribution in [3.05, 3.63) is 46.5 Å². The Kier molecular flexibility index (Phi) is 5.69. The van der Waals surface area contributed by atoms with Gasteiger partial charge in [-0.1, -0.05) is 37.5 Å². The number of hydrogen-bond donors (Lipinski definition) is 1. The Labute approximate surface area is 175 Å². The Hall–Kier alpha value is -2.25. The molecule has 7 heteroatoms. The van der Waals surface area contributed by atoms with Crippen molar-refractivity contribution in [2.75, 3.05) is 25.6 Å². The van der Waals surface area contributed by atoms with Gasteiger partial charge in [-0.25, -0.2) is 4.98 Å². The van der Waals surface area contributed by atoms with Crippen LogP contribution in [0.25, 0.3) is 0 Å². The predicted octanol–water partition coefficient (Wildman–Crippen LogP) is 3.98. The number of amides is 2. The lowest BCUT2D eigenvalue weighted by atomic mass is 9.65. The van der Waals surface area contributed by atoms with Gasteiger partial charge in [0.2, 0.25) is 5.91 Å². The van der Waals surface area contributed by atoms with Gasteiger partial charge in [0.05, 0.1) is 23.8 Å². The van der Waals surface area contributed by atoms with Crippen LogP contribution in [0.3, 0.4) is 0 Å². The molecule has 1 saturated carbocycles.